The minimum absolute atomic E-state index is 0.00752. The minimum Gasteiger partial charge on any atom is -0.341 e. The number of nitrogens with zero attached hydrogens (tertiary/aromatic N) is 1. The van der Waals surface area contributed by atoms with Gasteiger partial charge in [-0.2, -0.15) is 0 Å². The van der Waals surface area contributed by atoms with Crippen LogP contribution in [0.15, 0.2) is 18.2 Å². The molecule has 1 N–H and O–H groups in total. The lowest BCUT2D eigenvalue weighted by atomic mass is 10.0. The van der Waals surface area contributed by atoms with Gasteiger partial charge in [0, 0.05) is 18.1 Å². The minimum atomic E-state index is -0.537. The van der Waals surface area contributed by atoms with Crippen molar-refractivity contribution in [1.29, 1.82) is 0 Å². The first kappa shape index (κ1) is 16.1. The Balaban J connectivity index is 2.12. The molecule has 4 nitrogen and oxygen atoms in total. The normalized spacial score (nSPS) is 15.6. The van der Waals surface area contributed by atoms with E-state index in [0.29, 0.717) is 10.6 Å². The highest BCUT2D eigenvalue weighted by Gasteiger charge is 2.31. The van der Waals surface area contributed by atoms with E-state index in [1.54, 1.807) is 17.0 Å². The topological polar surface area (TPSA) is 49.4 Å². The third-order valence-corrected chi connectivity index (χ3v) is 4.11. The van der Waals surface area contributed by atoms with E-state index < -0.39 is 6.04 Å². The monoisotopic (exact) mass is 328 g/mol. The zero-order valence-corrected chi connectivity index (χ0v) is 13.5. The Morgan fingerprint density at radius 2 is 1.90 bits per heavy atom. The first-order chi connectivity index (χ1) is 9.90. The van der Waals surface area contributed by atoms with E-state index in [2.05, 4.69) is 5.32 Å². The Morgan fingerprint density at radius 3 is 2.38 bits per heavy atom. The van der Waals surface area contributed by atoms with Crippen molar-refractivity contribution in [2.45, 2.75) is 26.3 Å². The Bertz CT molecular complexity index is 557. The van der Waals surface area contributed by atoms with Crippen molar-refractivity contribution in [3.05, 3.63) is 33.8 Å². The maximum Gasteiger partial charge on any atom is 0.253 e. The summed E-state index contributed by atoms with van der Waals surface area (Å²) in [4.78, 5) is 26.4. The lowest BCUT2D eigenvalue weighted by Crippen LogP contribution is -2.55. The number of rotatable bonds is 4. The zero-order chi connectivity index (χ0) is 15.6. The molecule has 0 bridgehead atoms. The number of carbonyl (C=O) groups excluding carboxylic acids is 2. The van der Waals surface area contributed by atoms with E-state index in [1.165, 1.54) is 6.07 Å². The summed E-state index contributed by atoms with van der Waals surface area (Å²) in [7, 11) is 0. The summed E-state index contributed by atoms with van der Waals surface area (Å²) in [6, 6.07) is 4.14. The Kier molecular flexibility index (Phi) is 5.12. The van der Waals surface area contributed by atoms with Crippen LogP contribution in [0.2, 0.25) is 10.0 Å². The SMILES string of the molecule is CC(C)[C@@H](NC(=O)c1ccc(Cl)cc1Cl)C(=O)N1CCC1. The van der Waals surface area contributed by atoms with Crippen molar-refractivity contribution in [2.24, 2.45) is 5.92 Å². The fraction of sp³-hybridized carbons (Fsp3) is 0.467. The third-order valence-electron chi connectivity index (χ3n) is 3.56. The summed E-state index contributed by atoms with van der Waals surface area (Å²) in [5.41, 5.74) is 0.322. The predicted octanol–water partition coefficient (Wildman–Crippen LogP) is 2.98. The molecule has 0 saturated carbocycles. The van der Waals surface area contributed by atoms with Gasteiger partial charge in [0.2, 0.25) is 5.91 Å². The maximum atomic E-state index is 12.3. The summed E-state index contributed by atoms with van der Waals surface area (Å²) >= 11 is 11.8. The molecule has 1 aliphatic heterocycles. The largest absolute Gasteiger partial charge is 0.341 e. The van der Waals surface area contributed by atoms with Crippen LogP contribution in [0.1, 0.15) is 30.6 Å². The molecule has 0 spiro atoms. The van der Waals surface area contributed by atoms with Gasteiger partial charge in [0.05, 0.1) is 10.6 Å². The number of likely N-dealkylation sites (tertiary alicyclic amines) is 1. The van der Waals surface area contributed by atoms with Gasteiger partial charge in [0.25, 0.3) is 5.91 Å². The van der Waals surface area contributed by atoms with Crippen molar-refractivity contribution in [3.63, 3.8) is 0 Å². The quantitative estimate of drug-likeness (QED) is 0.923. The van der Waals surface area contributed by atoms with Gasteiger partial charge in [-0.3, -0.25) is 9.59 Å². The van der Waals surface area contributed by atoms with Gasteiger partial charge < -0.3 is 10.2 Å². The van der Waals surface area contributed by atoms with Crippen LogP contribution in [-0.4, -0.2) is 35.8 Å². The van der Waals surface area contributed by atoms with Crippen LogP contribution in [0, 0.1) is 5.92 Å². The number of hydrogen-bond donors (Lipinski definition) is 1. The number of hydrogen-bond acceptors (Lipinski definition) is 2. The van der Waals surface area contributed by atoms with E-state index in [0.717, 1.165) is 19.5 Å². The van der Waals surface area contributed by atoms with Gasteiger partial charge in [-0.05, 0) is 30.5 Å². The van der Waals surface area contributed by atoms with Gasteiger partial charge in [-0.15, -0.1) is 0 Å². The van der Waals surface area contributed by atoms with Crippen LogP contribution in [0.25, 0.3) is 0 Å². The first-order valence-electron chi connectivity index (χ1n) is 6.95. The van der Waals surface area contributed by atoms with E-state index in [9.17, 15) is 9.59 Å². The van der Waals surface area contributed by atoms with Crippen molar-refractivity contribution in [3.8, 4) is 0 Å². The second kappa shape index (κ2) is 6.67. The van der Waals surface area contributed by atoms with Crippen molar-refractivity contribution >= 4 is 35.0 Å². The van der Waals surface area contributed by atoms with Crippen LogP contribution in [0.3, 0.4) is 0 Å². The molecule has 0 aliphatic carbocycles. The lowest BCUT2D eigenvalue weighted by Gasteiger charge is -2.35. The number of carbonyl (C=O) groups is 2. The first-order valence-corrected chi connectivity index (χ1v) is 7.70. The molecule has 0 unspecified atom stereocenters. The number of benzene rings is 1. The molecule has 2 amide bonds. The molecule has 1 aliphatic rings. The highest BCUT2D eigenvalue weighted by molar-refractivity contribution is 6.36. The molecule has 114 valence electrons. The third kappa shape index (κ3) is 3.69. The maximum absolute atomic E-state index is 12.3. The van der Waals surface area contributed by atoms with Crippen LogP contribution in [0.4, 0.5) is 0 Å². The smallest absolute Gasteiger partial charge is 0.253 e. The molecule has 0 aromatic heterocycles. The van der Waals surface area contributed by atoms with Gasteiger partial charge in [0.15, 0.2) is 0 Å². The number of halogens is 2. The molecule has 1 saturated heterocycles. The molecule has 6 heteroatoms. The molecular weight excluding hydrogens is 311 g/mol. The van der Waals surface area contributed by atoms with Crippen LogP contribution < -0.4 is 5.32 Å². The summed E-state index contributed by atoms with van der Waals surface area (Å²) < 4.78 is 0. The summed E-state index contributed by atoms with van der Waals surface area (Å²) in [5, 5.41) is 3.53. The summed E-state index contributed by atoms with van der Waals surface area (Å²) in [6.45, 7) is 5.34. The van der Waals surface area contributed by atoms with Gasteiger partial charge in [0.1, 0.15) is 6.04 Å². The Hall–Kier alpha value is -1.26. The average molecular weight is 329 g/mol. The fourth-order valence-electron chi connectivity index (χ4n) is 2.14. The molecule has 1 heterocycles. The summed E-state index contributed by atoms with van der Waals surface area (Å²) in [5.74, 6) is -0.382. The van der Waals surface area contributed by atoms with Gasteiger partial charge in [-0.25, -0.2) is 0 Å². The molecule has 0 radical (unpaired) electrons. The van der Waals surface area contributed by atoms with E-state index in [1.807, 2.05) is 13.8 Å². The predicted molar refractivity (Wildman–Crippen MR) is 83.8 cm³/mol. The van der Waals surface area contributed by atoms with Gasteiger partial charge in [-0.1, -0.05) is 37.0 Å². The highest BCUT2D eigenvalue weighted by atomic mass is 35.5. The number of amides is 2. The highest BCUT2D eigenvalue weighted by Crippen LogP contribution is 2.21. The van der Waals surface area contributed by atoms with E-state index in [4.69, 9.17) is 23.2 Å². The number of nitrogens with one attached hydrogen (secondary N) is 1. The second-order valence-electron chi connectivity index (χ2n) is 5.50. The molecule has 1 atom stereocenters. The second-order valence-corrected chi connectivity index (χ2v) is 6.34. The Labute approximate surface area is 134 Å². The van der Waals surface area contributed by atoms with Crippen molar-refractivity contribution in [2.75, 3.05) is 13.1 Å². The standard InChI is InChI=1S/C15H18Cl2N2O2/c1-9(2)13(15(21)19-6-3-7-19)18-14(20)11-5-4-10(16)8-12(11)17/h4-5,8-9,13H,3,6-7H2,1-2H3,(H,18,20)/t13-/m1/s1. The van der Waals surface area contributed by atoms with Gasteiger partial charge >= 0.3 is 0 Å². The molecule has 1 aromatic carbocycles. The lowest BCUT2D eigenvalue weighted by molar-refractivity contribution is -0.137. The molecular formula is C15H18Cl2N2O2. The molecule has 21 heavy (non-hydrogen) atoms. The Morgan fingerprint density at radius 1 is 1.24 bits per heavy atom. The summed E-state index contributed by atoms with van der Waals surface area (Å²) in [6.07, 6.45) is 1.02. The average Bonchev–Trinajstić information content (AvgIpc) is 2.32. The molecule has 2 rings (SSSR count). The molecule has 1 aromatic rings. The zero-order valence-electron chi connectivity index (χ0n) is 12.0. The van der Waals surface area contributed by atoms with Crippen molar-refractivity contribution < 1.29 is 9.59 Å². The van der Waals surface area contributed by atoms with Crippen LogP contribution in [0.5, 0.6) is 0 Å². The van der Waals surface area contributed by atoms with Crippen LogP contribution >= 0.6 is 23.2 Å². The molecule has 1 fully saturated rings. The van der Waals surface area contributed by atoms with E-state index in [-0.39, 0.29) is 22.8 Å². The van der Waals surface area contributed by atoms with Crippen LogP contribution in [-0.2, 0) is 4.79 Å². The van der Waals surface area contributed by atoms with E-state index >= 15 is 0 Å². The fourth-order valence-corrected chi connectivity index (χ4v) is 2.63. The van der Waals surface area contributed by atoms with Crippen molar-refractivity contribution in [1.82, 2.24) is 10.2 Å².